The van der Waals surface area contributed by atoms with E-state index in [1.165, 1.54) is 0 Å². The van der Waals surface area contributed by atoms with Crippen LogP contribution in [0.25, 0.3) is 4.91 Å². The van der Waals surface area contributed by atoms with E-state index >= 15 is 0 Å². The molecule has 33 heavy (non-hydrogen) atoms. The van der Waals surface area contributed by atoms with E-state index in [-0.39, 0.29) is 22.9 Å². The Morgan fingerprint density at radius 3 is 2.12 bits per heavy atom. The number of carbonyl (C=O) groups excluding carboxylic acids is 2. The molecule has 0 atom stereocenters. The topological polar surface area (TPSA) is 74.8 Å². The van der Waals surface area contributed by atoms with Crippen molar-refractivity contribution in [3.63, 3.8) is 0 Å². The second kappa shape index (κ2) is 9.14. The number of likely N-dealkylation sites (tertiary alicyclic amines) is 1. The van der Waals surface area contributed by atoms with Crippen LogP contribution in [0.15, 0.2) is 48.0 Å². The van der Waals surface area contributed by atoms with Gasteiger partial charge in [0.2, 0.25) is 0 Å². The van der Waals surface area contributed by atoms with Crippen LogP contribution in [0.2, 0.25) is 0 Å². The summed E-state index contributed by atoms with van der Waals surface area (Å²) < 4.78 is 27.6. The minimum absolute atomic E-state index is 0.00265. The van der Waals surface area contributed by atoms with Crippen molar-refractivity contribution in [1.29, 1.82) is 0 Å². The fourth-order valence-electron chi connectivity index (χ4n) is 4.48. The summed E-state index contributed by atoms with van der Waals surface area (Å²) in [6.07, 6.45) is 4.35. The van der Waals surface area contributed by atoms with Crippen LogP contribution in [-0.2, 0) is 21.4 Å². The lowest BCUT2D eigenvalue weighted by Crippen LogP contribution is -2.32. The molecule has 1 fully saturated rings. The van der Waals surface area contributed by atoms with Gasteiger partial charge in [-0.2, -0.15) is 0 Å². The molecule has 0 N–H and O–H groups in total. The second-order valence-electron chi connectivity index (χ2n) is 8.97. The van der Waals surface area contributed by atoms with Crippen LogP contribution in [0.4, 0.5) is 0 Å². The summed E-state index contributed by atoms with van der Waals surface area (Å²) in [5, 5.41) is 0. The number of benzene rings is 2. The lowest BCUT2D eigenvalue weighted by Gasteiger charge is -2.21. The molecule has 174 valence electrons. The molecule has 0 unspecified atom stereocenters. The zero-order chi connectivity index (χ0) is 23.8. The molecular weight excluding hydrogens is 436 g/mol. The maximum absolute atomic E-state index is 13.3. The van der Waals surface area contributed by atoms with Crippen LogP contribution in [0.5, 0.6) is 0 Å². The summed E-state index contributed by atoms with van der Waals surface area (Å²) in [4.78, 5) is 27.7. The lowest BCUT2D eigenvalue weighted by atomic mass is 10.0. The highest BCUT2D eigenvalue weighted by Gasteiger charge is 2.42. The Morgan fingerprint density at radius 2 is 1.52 bits per heavy atom. The smallest absolute Gasteiger partial charge is 0.268 e. The molecule has 2 aliphatic rings. The first-order valence-corrected chi connectivity index (χ1v) is 12.9. The quantitative estimate of drug-likeness (QED) is 0.668. The third kappa shape index (κ3) is 4.47. The van der Waals surface area contributed by atoms with E-state index in [1.54, 1.807) is 37.3 Å². The van der Waals surface area contributed by atoms with Crippen molar-refractivity contribution in [3.8, 4) is 0 Å². The van der Waals surface area contributed by atoms with Gasteiger partial charge in [0.15, 0.2) is 0 Å². The Balaban J connectivity index is 1.54. The molecule has 0 spiro atoms. The van der Waals surface area contributed by atoms with Gasteiger partial charge < -0.3 is 4.90 Å². The van der Waals surface area contributed by atoms with Crippen molar-refractivity contribution < 1.29 is 18.0 Å². The zero-order valence-corrected chi connectivity index (χ0v) is 20.2. The van der Waals surface area contributed by atoms with E-state index in [2.05, 4.69) is 0 Å². The molecule has 0 radical (unpaired) electrons. The van der Waals surface area contributed by atoms with Crippen molar-refractivity contribution in [2.24, 2.45) is 0 Å². The Kier molecular flexibility index (Phi) is 6.43. The first-order valence-electron chi connectivity index (χ1n) is 11.4. The van der Waals surface area contributed by atoms with Gasteiger partial charge in [0.05, 0.1) is 6.54 Å². The molecule has 0 aliphatic carbocycles. The summed E-state index contributed by atoms with van der Waals surface area (Å²) in [5.74, 6) is -0.504. The summed E-state index contributed by atoms with van der Waals surface area (Å²) in [7, 11) is -3.97. The Bertz CT molecular complexity index is 1220. The highest BCUT2D eigenvalue weighted by atomic mass is 32.2. The van der Waals surface area contributed by atoms with Crippen molar-refractivity contribution in [2.45, 2.75) is 53.0 Å². The van der Waals surface area contributed by atoms with Crippen LogP contribution in [0, 0.1) is 13.8 Å². The molecule has 0 bridgehead atoms. The molecule has 0 saturated carbocycles. The number of hydrogen-bond acceptors (Lipinski definition) is 4. The maximum atomic E-state index is 13.3. The number of amides is 2. The standard InChI is InChI=1S/C26H30N2O4S/c1-18-8-11-23(16-19(18)2)24-20(3)25(29)28(33(24,31)32)17-21-9-12-22(13-10-21)26(30)27-14-6-4-5-7-15-27/h8-13,16H,4-7,14-15,17H2,1-3H3. The van der Waals surface area contributed by atoms with E-state index in [0.717, 1.165) is 54.2 Å². The van der Waals surface area contributed by atoms with Crippen molar-refractivity contribution in [1.82, 2.24) is 9.21 Å². The number of carbonyl (C=O) groups is 2. The van der Waals surface area contributed by atoms with Gasteiger partial charge in [-0.1, -0.05) is 43.2 Å². The highest BCUT2D eigenvalue weighted by Crippen LogP contribution is 2.37. The molecule has 2 aromatic rings. The monoisotopic (exact) mass is 466 g/mol. The van der Waals surface area contributed by atoms with Crippen LogP contribution < -0.4 is 0 Å². The zero-order valence-electron chi connectivity index (χ0n) is 19.4. The number of aryl methyl sites for hydroxylation is 2. The van der Waals surface area contributed by atoms with Crippen LogP contribution >= 0.6 is 0 Å². The van der Waals surface area contributed by atoms with E-state index in [9.17, 15) is 18.0 Å². The van der Waals surface area contributed by atoms with Gasteiger partial charge in [-0.3, -0.25) is 9.59 Å². The van der Waals surface area contributed by atoms with E-state index in [1.807, 2.05) is 30.9 Å². The summed E-state index contributed by atoms with van der Waals surface area (Å²) in [6.45, 7) is 6.92. The highest BCUT2D eigenvalue weighted by molar-refractivity contribution is 7.99. The van der Waals surface area contributed by atoms with E-state index in [0.29, 0.717) is 16.7 Å². The predicted molar refractivity (Wildman–Crippen MR) is 129 cm³/mol. The van der Waals surface area contributed by atoms with E-state index in [4.69, 9.17) is 0 Å². The molecule has 6 nitrogen and oxygen atoms in total. The van der Waals surface area contributed by atoms with Crippen LogP contribution in [-0.4, -0.2) is 42.5 Å². The fourth-order valence-corrected chi connectivity index (χ4v) is 6.27. The molecule has 4 rings (SSSR count). The van der Waals surface area contributed by atoms with Gasteiger partial charge in [0.1, 0.15) is 4.91 Å². The molecule has 7 heteroatoms. The number of nitrogens with zero attached hydrogens (tertiary/aromatic N) is 2. The molecule has 2 heterocycles. The van der Waals surface area contributed by atoms with Gasteiger partial charge in [-0.25, -0.2) is 12.7 Å². The first kappa shape index (κ1) is 23.2. The molecular formula is C26H30N2O4S. The Labute approximate surface area is 195 Å². The minimum atomic E-state index is -3.97. The van der Waals surface area contributed by atoms with Gasteiger partial charge >= 0.3 is 0 Å². The van der Waals surface area contributed by atoms with Gasteiger partial charge in [-0.05, 0) is 68.0 Å². The summed E-state index contributed by atoms with van der Waals surface area (Å²) in [5.41, 5.74) is 4.04. The lowest BCUT2D eigenvalue weighted by molar-refractivity contribution is -0.122. The largest absolute Gasteiger partial charge is 0.339 e. The summed E-state index contributed by atoms with van der Waals surface area (Å²) in [6, 6.07) is 12.3. The van der Waals surface area contributed by atoms with E-state index < -0.39 is 15.9 Å². The minimum Gasteiger partial charge on any atom is -0.339 e. The van der Waals surface area contributed by atoms with Crippen molar-refractivity contribution in [2.75, 3.05) is 13.1 Å². The van der Waals surface area contributed by atoms with Crippen molar-refractivity contribution >= 4 is 26.7 Å². The molecule has 0 aromatic heterocycles. The first-order chi connectivity index (χ1) is 15.7. The van der Waals surface area contributed by atoms with Crippen LogP contribution in [0.1, 0.15) is 65.2 Å². The number of hydrogen-bond donors (Lipinski definition) is 0. The van der Waals surface area contributed by atoms with Gasteiger partial charge in [-0.15, -0.1) is 0 Å². The second-order valence-corrected chi connectivity index (χ2v) is 10.8. The molecule has 2 amide bonds. The van der Waals surface area contributed by atoms with Gasteiger partial charge in [0.25, 0.3) is 21.8 Å². The van der Waals surface area contributed by atoms with Crippen molar-refractivity contribution in [3.05, 3.63) is 75.9 Å². The van der Waals surface area contributed by atoms with Crippen LogP contribution in [0.3, 0.4) is 0 Å². The molecule has 2 aliphatic heterocycles. The third-order valence-corrected chi connectivity index (χ3v) is 8.56. The third-order valence-electron chi connectivity index (χ3n) is 6.63. The number of sulfonamides is 1. The number of rotatable bonds is 4. The normalized spacial score (nSPS) is 18.6. The average Bonchev–Trinajstić information content (AvgIpc) is 3.00. The van der Waals surface area contributed by atoms with Gasteiger partial charge in [0, 0.05) is 24.2 Å². The maximum Gasteiger partial charge on any atom is 0.268 e. The fraction of sp³-hybridized carbons (Fsp3) is 0.385. The Hall–Kier alpha value is -2.93. The Morgan fingerprint density at radius 1 is 0.879 bits per heavy atom. The molecule has 1 saturated heterocycles. The predicted octanol–water partition coefficient (Wildman–Crippen LogP) is 4.42. The molecule has 2 aromatic carbocycles. The summed E-state index contributed by atoms with van der Waals surface area (Å²) >= 11 is 0. The SMILES string of the molecule is CC1=C(c2ccc(C)c(C)c2)S(=O)(=O)N(Cc2ccc(C(=O)N3CCCCCC3)cc2)C1=O. The average molecular weight is 467 g/mol.